The van der Waals surface area contributed by atoms with Gasteiger partial charge in [-0.25, -0.2) is 0 Å². The van der Waals surface area contributed by atoms with Crippen LogP contribution in [0.25, 0.3) is 0 Å². The Morgan fingerprint density at radius 2 is 1.22 bits per heavy atom. The quantitative estimate of drug-likeness (QED) is 0.329. The van der Waals surface area contributed by atoms with Gasteiger partial charge in [-0.15, -0.1) is 0 Å². The first-order valence-electron chi connectivity index (χ1n) is 13.2. The highest BCUT2D eigenvalue weighted by Gasteiger charge is 2.45. The summed E-state index contributed by atoms with van der Waals surface area (Å²) in [5.74, 6) is 0. The number of nitrogens with zero attached hydrogens (tertiary/aromatic N) is 1. The number of likely N-dealkylation sites (tertiary alicyclic amines) is 1. The molecule has 1 saturated heterocycles. The van der Waals surface area contributed by atoms with Crippen LogP contribution in [0.2, 0.25) is 19.6 Å². The van der Waals surface area contributed by atoms with Gasteiger partial charge in [0.05, 0.1) is 46.6 Å². The number of rotatable bonds is 12. The fourth-order valence-corrected chi connectivity index (χ4v) is 6.47. The molecule has 1 aliphatic heterocycles. The van der Waals surface area contributed by atoms with Gasteiger partial charge in [0.2, 0.25) is 0 Å². The van der Waals surface area contributed by atoms with Crippen LogP contribution in [0.3, 0.4) is 0 Å². The molecule has 0 saturated carbocycles. The second kappa shape index (κ2) is 13.5. The van der Waals surface area contributed by atoms with Gasteiger partial charge in [0.1, 0.15) is 12.2 Å². The third-order valence-corrected chi connectivity index (χ3v) is 8.01. The maximum absolute atomic E-state index is 11.7. The minimum absolute atomic E-state index is 0.159. The van der Waals surface area contributed by atoms with E-state index < -0.39 is 20.3 Å². The highest BCUT2D eigenvalue weighted by molar-refractivity contribution is 6.76. The molecule has 5 nitrogen and oxygen atoms in total. The topological polar surface area (TPSA) is 51.2 Å². The third-order valence-electron chi connectivity index (χ3n) is 6.65. The number of benzene rings is 3. The lowest BCUT2D eigenvalue weighted by molar-refractivity contribution is -0.190. The van der Waals surface area contributed by atoms with Gasteiger partial charge >= 0.3 is 0 Å². The van der Waals surface area contributed by atoms with Crippen molar-refractivity contribution in [2.75, 3.05) is 19.3 Å². The van der Waals surface area contributed by atoms with Crippen molar-refractivity contribution in [3.63, 3.8) is 0 Å². The first-order valence-corrected chi connectivity index (χ1v) is 16.9. The van der Waals surface area contributed by atoms with Crippen LogP contribution in [0.5, 0.6) is 0 Å². The summed E-state index contributed by atoms with van der Waals surface area (Å²) in [6, 6.07) is 30.3. The van der Waals surface area contributed by atoms with E-state index in [0.29, 0.717) is 33.0 Å². The summed E-state index contributed by atoms with van der Waals surface area (Å²) in [5.41, 5.74) is 3.33. The van der Waals surface area contributed by atoms with Gasteiger partial charge in [0.15, 0.2) is 0 Å². The second-order valence-corrected chi connectivity index (χ2v) is 16.6. The molecule has 0 aliphatic carbocycles. The van der Waals surface area contributed by atoms with Gasteiger partial charge in [-0.05, 0) is 22.9 Å². The molecule has 6 heteroatoms. The van der Waals surface area contributed by atoms with E-state index in [4.69, 9.17) is 14.2 Å². The predicted octanol–water partition coefficient (Wildman–Crippen LogP) is 5.30. The van der Waals surface area contributed by atoms with Gasteiger partial charge in [-0.1, -0.05) is 111 Å². The lowest BCUT2D eigenvalue weighted by atomic mass is 9.94. The van der Waals surface area contributed by atoms with E-state index in [9.17, 15) is 5.11 Å². The molecular weight excluding hydrogens is 478 g/mol. The number of aliphatic hydroxyl groups excluding tert-OH is 1. The van der Waals surface area contributed by atoms with E-state index in [1.165, 1.54) is 0 Å². The molecule has 3 aromatic rings. The molecule has 198 valence electrons. The van der Waals surface area contributed by atoms with Gasteiger partial charge in [0.25, 0.3) is 0 Å². The van der Waals surface area contributed by atoms with E-state index in [2.05, 4.69) is 48.8 Å². The zero-order chi connectivity index (χ0) is 26.1. The fraction of sp³-hybridized carbons (Fsp3) is 0.419. The van der Waals surface area contributed by atoms with Crippen molar-refractivity contribution < 1.29 is 19.3 Å². The average Bonchev–Trinajstić information content (AvgIpc) is 2.89. The van der Waals surface area contributed by atoms with E-state index in [1.807, 2.05) is 66.7 Å². The van der Waals surface area contributed by atoms with Crippen LogP contribution in [0.4, 0.5) is 0 Å². The van der Waals surface area contributed by atoms with E-state index in [-0.39, 0.29) is 12.1 Å². The standard InChI is InChI=1S/C31H41NO4Si/c1-37(2,3)24-32-19-29(35-21-26-15-9-5-10-16-26)31(36-22-27-17-11-6-12-18-27)30(33)28(32)23-34-20-25-13-7-4-8-14-25/h4-18,28-31,33H,19-24H2,1-3H3/t28-,29+,30-,31-/m1/s1. The lowest BCUT2D eigenvalue weighted by Gasteiger charge is -2.48. The fourth-order valence-electron chi connectivity index (χ4n) is 4.89. The van der Waals surface area contributed by atoms with Gasteiger partial charge in [0, 0.05) is 6.54 Å². The molecule has 0 amide bonds. The molecule has 1 aliphatic rings. The van der Waals surface area contributed by atoms with Gasteiger partial charge in [-0.3, -0.25) is 4.90 Å². The Labute approximate surface area is 223 Å². The molecule has 4 atom stereocenters. The Morgan fingerprint density at radius 1 is 0.730 bits per heavy atom. The van der Waals surface area contributed by atoms with Crippen LogP contribution in [0.1, 0.15) is 16.7 Å². The summed E-state index contributed by atoms with van der Waals surface area (Å²) >= 11 is 0. The summed E-state index contributed by atoms with van der Waals surface area (Å²) in [5, 5.41) is 11.7. The van der Waals surface area contributed by atoms with Crippen LogP contribution in [-0.4, -0.2) is 61.8 Å². The third kappa shape index (κ3) is 8.60. The highest BCUT2D eigenvalue weighted by atomic mass is 28.3. The number of hydrogen-bond acceptors (Lipinski definition) is 5. The van der Waals surface area contributed by atoms with Crippen molar-refractivity contribution in [1.82, 2.24) is 4.90 Å². The average molecular weight is 520 g/mol. The smallest absolute Gasteiger partial charge is 0.113 e. The summed E-state index contributed by atoms with van der Waals surface area (Å²) in [6.45, 7) is 9.66. The van der Waals surface area contributed by atoms with E-state index >= 15 is 0 Å². The first kappa shape index (κ1) is 27.7. The maximum atomic E-state index is 11.7. The van der Waals surface area contributed by atoms with Crippen molar-refractivity contribution in [3.8, 4) is 0 Å². The number of hydrogen-bond donors (Lipinski definition) is 1. The van der Waals surface area contributed by atoms with Crippen molar-refractivity contribution >= 4 is 8.07 Å². The monoisotopic (exact) mass is 519 g/mol. The van der Waals surface area contributed by atoms with E-state index in [1.54, 1.807) is 0 Å². The Balaban J connectivity index is 1.51. The van der Waals surface area contributed by atoms with Crippen molar-refractivity contribution in [3.05, 3.63) is 108 Å². The number of aliphatic hydroxyl groups is 1. The molecule has 0 radical (unpaired) electrons. The van der Waals surface area contributed by atoms with Crippen molar-refractivity contribution in [2.24, 2.45) is 0 Å². The van der Waals surface area contributed by atoms with Crippen LogP contribution in [-0.2, 0) is 34.0 Å². The predicted molar refractivity (Wildman–Crippen MR) is 151 cm³/mol. The number of piperidine rings is 1. The second-order valence-electron chi connectivity index (χ2n) is 11.1. The lowest BCUT2D eigenvalue weighted by Crippen LogP contribution is -2.65. The minimum atomic E-state index is -1.47. The molecule has 4 rings (SSSR count). The van der Waals surface area contributed by atoms with Gasteiger partial charge in [-0.2, -0.15) is 0 Å². The molecule has 0 bridgehead atoms. The molecule has 0 aromatic heterocycles. The molecule has 1 heterocycles. The van der Waals surface area contributed by atoms with E-state index in [0.717, 1.165) is 22.9 Å². The van der Waals surface area contributed by atoms with Crippen LogP contribution in [0.15, 0.2) is 91.0 Å². The Morgan fingerprint density at radius 3 is 1.73 bits per heavy atom. The zero-order valence-corrected chi connectivity index (χ0v) is 23.3. The van der Waals surface area contributed by atoms with Crippen molar-refractivity contribution in [2.45, 2.75) is 63.8 Å². The molecule has 3 aromatic carbocycles. The maximum Gasteiger partial charge on any atom is 0.113 e. The molecule has 0 unspecified atom stereocenters. The highest BCUT2D eigenvalue weighted by Crippen LogP contribution is 2.27. The Kier molecular flexibility index (Phi) is 10.1. The summed E-state index contributed by atoms with van der Waals surface area (Å²) in [7, 11) is -1.47. The zero-order valence-electron chi connectivity index (χ0n) is 22.3. The largest absolute Gasteiger partial charge is 0.389 e. The minimum Gasteiger partial charge on any atom is -0.389 e. The molecule has 0 spiro atoms. The SMILES string of the molecule is C[Si](C)(C)CN1C[C@H](OCc2ccccc2)[C@@H](OCc2ccccc2)[C@H](O)[C@H]1COCc1ccccc1. The summed E-state index contributed by atoms with van der Waals surface area (Å²) < 4.78 is 19.0. The molecule has 1 fully saturated rings. The normalized spacial score (nSPS) is 22.7. The Hall–Kier alpha value is -2.32. The number of ether oxygens (including phenoxy) is 3. The molecular formula is C31H41NO4Si. The molecule has 1 N–H and O–H groups in total. The van der Waals surface area contributed by atoms with Crippen LogP contribution < -0.4 is 0 Å². The molecule has 37 heavy (non-hydrogen) atoms. The van der Waals surface area contributed by atoms with Crippen molar-refractivity contribution in [1.29, 1.82) is 0 Å². The summed E-state index contributed by atoms with van der Waals surface area (Å²) in [6.07, 6.45) is -0.474. The first-order chi connectivity index (χ1) is 17.9. The van der Waals surface area contributed by atoms with Crippen LogP contribution >= 0.6 is 0 Å². The van der Waals surface area contributed by atoms with Crippen LogP contribution in [0, 0.1) is 0 Å². The summed E-state index contributed by atoms with van der Waals surface area (Å²) in [4.78, 5) is 2.39. The van der Waals surface area contributed by atoms with Gasteiger partial charge < -0.3 is 19.3 Å². The Bertz CT molecular complexity index is 1050.